The number of amidine groups is 1. The Hall–Kier alpha value is -2.40. The van der Waals surface area contributed by atoms with Crippen molar-refractivity contribution in [3.8, 4) is 0 Å². The second-order valence-corrected chi connectivity index (χ2v) is 6.35. The summed E-state index contributed by atoms with van der Waals surface area (Å²) in [6.45, 7) is 4.66. The van der Waals surface area contributed by atoms with Crippen molar-refractivity contribution in [2.75, 3.05) is 6.54 Å². The van der Waals surface area contributed by atoms with Gasteiger partial charge in [0, 0.05) is 12.7 Å². The van der Waals surface area contributed by atoms with Crippen molar-refractivity contribution in [1.29, 1.82) is 0 Å². The highest BCUT2D eigenvalue weighted by Crippen LogP contribution is 2.33. The highest BCUT2D eigenvalue weighted by atomic mass is 32.2. The number of hydrogen-bond acceptors (Lipinski definition) is 4. The maximum absolute atomic E-state index is 12.6. The smallest absolute Gasteiger partial charge is 0.266 e. The Bertz CT molecular complexity index is 782. The number of rotatable bonds is 4. The van der Waals surface area contributed by atoms with Gasteiger partial charge < -0.3 is 0 Å². The number of amides is 1. The Balaban J connectivity index is 1.89. The number of aromatic nitrogens is 1. The van der Waals surface area contributed by atoms with Gasteiger partial charge >= 0.3 is 0 Å². The number of aryl methyl sites for hydroxylation is 1. The van der Waals surface area contributed by atoms with Crippen LogP contribution in [-0.2, 0) is 11.2 Å². The zero-order chi connectivity index (χ0) is 16.9. The summed E-state index contributed by atoms with van der Waals surface area (Å²) in [5.74, 6) is 0.608. The topological polar surface area (TPSA) is 45.6 Å². The van der Waals surface area contributed by atoms with Crippen molar-refractivity contribution in [1.82, 2.24) is 9.88 Å². The van der Waals surface area contributed by atoms with Crippen molar-refractivity contribution in [2.24, 2.45) is 4.99 Å². The molecule has 1 saturated heterocycles. The number of aliphatic imine (C=N–C) groups is 1. The molecule has 3 rings (SSSR count). The van der Waals surface area contributed by atoms with Crippen molar-refractivity contribution in [3.05, 3.63) is 64.7 Å². The summed E-state index contributed by atoms with van der Waals surface area (Å²) in [6, 6.07) is 13.8. The van der Waals surface area contributed by atoms with Crippen LogP contribution >= 0.6 is 11.8 Å². The Morgan fingerprint density at radius 1 is 1.17 bits per heavy atom. The van der Waals surface area contributed by atoms with Gasteiger partial charge in [-0.25, -0.2) is 9.98 Å². The van der Waals surface area contributed by atoms with E-state index in [1.54, 1.807) is 11.1 Å². The predicted molar refractivity (Wildman–Crippen MR) is 100 cm³/mol. The largest absolute Gasteiger partial charge is 0.287 e. The summed E-state index contributed by atoms with van der Waals surface area (Å²) < 4.78 is 0. The van der Waals surface area contributed by atoms with Gasteiger partial charge in [-0.05, 0) is 54.4 Å². The first-order chi connectivity index (χ1) is 11.7. The van der Waals surface area contributed by atoms with Gasteiger partial charge in [0.05, 0.1) is 4.91 Å². The molecule has 2 aromatic rings. The highest BCUT2D eigenvalue weighted by molar-refractivity contribution is 8.18. The molecule has 1 fully saturated rings. The molecule has 5 heteroatoms. The zero-order valence-corrected chi connectivity index (χ0v) is 14.6. The molecule has 1 aromatic heterocycles. The predicted octanol–water partition coefficient (Wildman–Crippen LogP) is 4.27. The summed E-state index contributed by atoms with van der Waals surface area (Å²) in [4.78, 5) is 23.7. The molecule has 1 aromatic carbocycles. The number of carbonyl (C=O) groups is 1. The summed E-state index contributed by atoms with van der Waals surface area (Å²) in [5, 5.41) is 0.678. The summed E-state index contributed by atoms with van der Waals surface area (Å²) in [5.41, 5.74) is 2.31. The van der Waals surface area contributed by atoms with Crippen LogP contribution in [0, 0.1) is 0 Å². The van der Waals surface area contributed by atoms with E-state index in [2.05, 4.69) is 29.0 Å². The molecular formula is C19H19N3OS. The zero-order valence-electron chi connectivity index (χ0n) is 13.8. The maximum Gasteiger partial charge on any atom is 0.266 e. The maximum atomic E-state index is 12.6. The molecule has 0 unspecified atom stereocenters. The van der Waals surface area contributed by atoms with Crippen LogP contribution in [-0.4, -0.2) is 27.5 Å². The third-order valence-corrected chi connectivity index (χ3v) is 4.76. The number of likely N-dealkylation sites (N-methyl/N-ethyl adjacent to an activating group) is 1. The van der Waals surface area contributed by atoms with Gasteiger partial charge in [-0.15, -0.1) is 0 Å². The van der Waals surface area contributed by atoms with Crippen molar-refractivity contribution < 1.29 is 4.79 Å². The fourth-order valence-electron chi connectivity index (χ4n) is 2.39. The van der Waals surface area contributed by atoms with Crippen LogP contribution in [0.3, 0.4) is 0 Å². The minimum absolute atomic E-state index is 0.00301. The van der Waals surface area contributed by atoms with E-state index < -0.39 is 0 Å². The van der Waals surface area contributed by atoms with E-state index in [1.807, 2.05) is 43.3 Å². The number of nitrogens with zero attached hydrogens (tertiary/aromatic N) is 3. The normalized spacial score (nSPS) is 17.9. The number of pyridine rings is 1. The van der Waals surface area contributed by atoms with Gasteiger partial charge in [-0.1, -0.05) is 37.3 Å². The first-order valence-electron chi connectivity index (χ1n) is 8.01. The monoisotopic (exact) mass is 337 g/mol. The Morgan fingerprint density at radius 2 is 1.96 bits per heavy atom. The van der Waals surface area contributed by atoms with Crippen LogP contribution in [0.1, 0.15) is 25.0 Å². The first-order valence-corrected chi connectivity index (χ1v) is 8.83. The molecule has 0 saturated carbocycles. The molecular weight excluding hydrogens is 318 g/mol. The molecule has 1 aliphatic heterocycles. The van der Waals surface area contributed by atoms with Crippen molar-refractivity contribution in [3.63, 3.8) is 0 Å². The van der Waals surface area contributed by atoms with Gasteiger partial charge in [0.1, 0.15) is 0 Å². The van der Waals surface area contributed by atoms with Crippen LogP contribution in [0.4, 0.5) is 5.82 Å². The molecule has 24 heavy (non-hydrogen) atoms. The van der Waals surface area contributed by atoms with E-state index in [0.717, 1.165) is 12.0 Å². The molecule has 0 aliphatic carbocycles. The Labute approximate surface area is 146 Å². The van der Waals surface area contributed by atoms with E-state index in [0.29, 0.717) is 22.4 Å². The summed E-state index contributed by atoms with van der Waals surface area (Å²) in [6.07, 6.45) is 4.63. The molecule has 0 bridgehead atoms. The molecule has 0 radical (unpaired) electrons. The quantitative estimate of drug-likeness (QED) is 0.783. The van der Waals surface area contributed by atoms with Crippen LogP contribution in [0.2, 0.25) is 0 Å². The third-order valence-electron chi connectivity index (χ3n) is 3.75. The molecule has 4 nitrogen and oxygen atoms in total. The molecule has 0 N–H and O–H groups in total. The Kier molecular flexibility index (Phi) is 5.11. The van der Waals surface area contributed by atoms with Gasteiger partial charge in [0.2, 0.25) is 0 Å². The minimum Gasteiger partial charge on any atom is -0.287 e. The van der Waals surface area contributed by atoms with Crippen LogP contribution in [0.25, 0.3) is 6.08 Å². The van der Waals surface area contributed by atoms with E-state index in [-0.39, 0.29) is 5.91 Å². The van der Waals surface area contributed by atoms with Crippen molar-refractivity contribution in [2.45, 2.75) is 20.3 Å². The molecule has 1 aliphatic rings. The average Bonchev–Trinajstić information content (AvgIpc) is 2.91. The molecule has 2 heterocycles. The summed E-state index contributed by atoms with van der Waals surface area (Å²) in [7, 11) is 0. The van der Waals surface area contributed by atoms with Crippen LogP contribution < -0.4 is 0 Å². The molecule has 1 amide bonds. The Morgan fingerprint density at radius 3 is 2.58 bits per heavy atom. The molecule has 122 valence electrons. The lowest BCUT2D eigenvalue weighted by Crippen LogP contribution is -2.28. The standard InChI is InChI=1S/C19H19N3OS/c1-3-14-8-10-15(11-9-14)13-16-18(23)22(4-2)19(24-16)21-17-7-5-6-12-20-17/h5-13H,3-4H2,1-2H3/b16-13-,21-19+. The lowest BCUT2D eigenvalue weighted by atomic mass is 10.1. The highest BCUT2D eigenvalue weighted by Gasteiger charge is 2.32. The number of benzene rings is 1. The fraction of sp³-hybridized carbons (Fsp3) is 0.211. The number of thioether (sulfide) groups is 1. The SMILES string of the molecule is CCc1ccc(/C=C2\S/C(=N/c3ccccn3)N(CC)C2=O)cc1. The number of hydrogen-bond donors (Lipinski definition) is 0. The lowest BCUT2D eigenvalue weighted by molar-refractivity contribution is -0.122. The summed E-state index contributed by atoms with van der Waals surface area (Å²) >= 11 is 1.40. The minimum atomic E-state index is -0.00301. The van der Waals surface area contributed by atoms with E-state index >= 15 is 0 Å². The van der Waals surface area contributed by atoms with Gasteiger partial charge in [-0.3, -0.25) is 9.69 Å². The molecule has 0 spiro atoms. The number of carbonyl (C=O) groups excluding carboxylic acids is 1. The van der Waals surface area contributed by atoms with E-state index in [9.17, 15) is 4.79 Å². The van der Waals surface area contributed by atoms with Gasteiger partial charge in [0.15, 0.2) is 11.0 Å². The van der Waals surface area contributed by atoms with E-state index in [1.165, 1.54) is 17.3 Å². The van der Waals surface area contributed by atoms with Crippen molar-refractivity contribution >= 4 is 34.7 Å². The van der Waals surface area contributed by atoms with Crippen LogP contribution in [0.5, 0.6) is 0 Å². The second kappa shape index (κ2) is 7.45. The average molecular weight is 337 g/mol. The first kappa shape index (κ1) is 16.5. The third kappa shape index (κ3) is 3.57. The lowest BCUT2D eigenvalue weighted by Gasteiger charge is -2.11. The van der Waals surface area contributed by atoms with Crippen LogP contribution in [0.15, 0.2) is 58.6 Å². The fourth-order valence-corrected chi connectivity index (χ4v) is 3.44. The molecule has 0 atom stereocenters. The van der Waals surface area contributed by atoms with Gasteiger partial charge in [0.25, 0.3) is 5.91 Å². The second-order valence-electron chi connectivity index (χ2n) is 5.34. The van der Waals surface area contributed by atoms with Gasteiger partial charge in [-0.2, -0.15) is 0 Å². The van der Waals surface area contributed by atoms with E-state index in [4.69, 9.17) is 0 Å².